The molecule has 2 N–H and O–H groups in total. The molecule has 2 aromatic carbocycles. The van der Waals surface area contributed by atoms with E-state index in [2.05, 4.69) is 31.4 Å². The van der Waals surface area contributed by atoms with Gasteiger partial charge in [0, 0.05) is 31.1 Å². The summed E-state index contributed by atoms with van der Waals surface area (Å²) in [6, 6.07) is 7.97. The monoisotopic (exact) mass is 465 g/mol. The SMILES string of the molecule is C#Cc1cc2ncnc(Nc3cccc(Cl)c3F)c2cc1NC(=O)/C=C/CN1CCOCC1. The fraction of sp³-hybridized carbons (Fsp3) is 0.208. The van der Waals surface area contributed by atoms with Crippen molar-refractivity contribution in [3.63, 3.8) is 0 Å². The number of rotatable bonds is 6. The third-order valence-corrected chi connectivity index (χ3v) is 5.42. The molecule has 0 radical (unpaired) electrons. The molecule has 0 unspecified atom stereocenters. The highest BCUT2D eigenvalue weighted by Crippen LogP contribution is 2.30. The maximum Gasteiger partial charge on any atom is 0.248 e. The molecule has 0 aliphatic carbocycles. The highest BCUT2D eigenvalue weighted by molar-refractivity contribution is 6.31. The van der Waals surface area contributed by atoms with Crippen LogP contribution in [0.2, 0.25) is 5.02 Å². The van der Waals surface area contributed by atoms with Crippen molar-refractivity contribution in [3.05, 3.63) is 65.2 Å². The number of nitrogens with one attached hydrogen (secondary N) is 2. The number of anilines is 3. The normalized spacial score (nSPS) is 14.3. The van der Waals surface area contributed by atoms with E-state index in [0.29, 0.717) is 47.7 Å². The van der Waals surface area contributed by atoms with E-state index in [1.807, 2.05) is 0 Å². The Bertz CT molecular complexity index is 1250. The highest BCUT2D eigenvalue weighted by atomic mass is 35.5. The maximum atomic E-state index is 14.4. The van der Waals surface area contributed by atoms with Crippen LogP contribution in [-0.4, -0.2) is 53.6 Å². The minimum absolute atomic E-state index is 0.00945. The van der Waals surface area contributed by atoms with Gasteiger partial charge in [-0.1, -0.05) is 29.7 Å². The molecule has 1 saturated heterocycles. The predicted octanol–water partition coefficient (Wildman–Crippen LogP) is 3.97. The quantitative estimate of drug-likeness (QED) is 0.423. The predicted molar refractivity (Wildman–Crippen MR) is 127 cm³/mol. The second-order valence-electron chi connectivity index (χ2n) is 7.31. The molecular weight excluding hydrogens is 445 g/mol. The van der Waals surface area contributed by atoms with Crippen LogP contribution in [0.15, 0.2) is 48.8 Å². The summed E-state index contributed by atoms with van der Waals surface area (Å²) in [7, 11) is 0. The Labute approximate surface area is 195 Å². The number of terminal acetylenes is 1. The molecule has 0 atom stereocenters. The number of hydrogen-bond donors (Lipinski definition) is 2. The summed E-state index contributed by atoms with van der Waals surface area (Å²) in [6.07, 6.45) is 10.3. The van der Waals surface area contributed by atoms with Crippen LogP contribution < -0.4 is 10.6 Å². The Balaban J connectivity index is 1.57. The number of halogens is 2. The number of fused-ring (bicyclic) bond motifs is 1. The molecule has 0 bridgehead atoms. The van der Waals surface area contributed by atoms with Crippen molar-refractivity contribution >= 4 is 45.6 Å². The molecule has 1 fully saturated rings. The molecule has 3 aromatic rings. The average molecular weight is 466 g/mol. The van der Waals surface area contributed by atoms with Gasteiger partial charge in [-0.15, -0.1) is 6.42 Å². The minimum atomic E-state index is -0.592. The van der Waals surface area contributed by atoms with Gasteiger partial charge in [-0.05, 0) is 24.3 Å². The van der Waals surface area contributed by atoms with E-state index in [4.69, 9.17) is 22.8 Å². The van der Waals surface area contributed by atoms with Crippen molar-refractivity contribution in [2.75, 3.05) is 43.5 Å². The van der Waals surface area contributed by atoms with E-state index in [1.165, 1.54) is 18.5 Å². The molecule has 1 amide bonds. The first kappa shape index (κ1) is 22.7. The first-order valence-electron chi connectivity index (χ1n) is 10.3. The Morgan fingerprint density at radius 1 is 1.27 bits per heavy atom. The molecule has 1 aliphatic rings. The number of morpholine rings is 1. The lowest BCUT2D eigenvalue weighted by Gasteiger charge is -2.25. The van der Waals surface area contributed by atoms with Gasteiger partial charge >= 0.3 is 0 Å². The Hall–Kier alpha value is -3.51. The molecule has 4 rings (SSSR count). The first-order valence-corrected chi connectivity index (χ1v) is 10.7. The van der Waals surface area contributed by atoms with Crippen molar-refractivity contribution in [3.8, 4) is 12.3 Å². The van der Waals surface area contributed by atoms with Gasteiger partial charge in [0.05, 0.1) is 40.7 Å². The number of aromatic nitrogens is 2. The van der Waals surface area contributed by atoms with Crippen LogP contribution >= 0.6 is 11.6 Å². The van der Waals surface area contributed by atoms with E-state index < -0.39 is 5.82 Å². The fourth-order valence-corrected chi connectivity index (χ4v) is 3.59. The summed E-state index contributed by atoms with van der Waals surface area (Å²) in [6.45, 7) is 3.71. The van der Waals surface area contributed by atoms with Crippen molar-refractivity contribution in [2.24, 2.45) is 0 Å². The molecule has 33 heavy (non-hydrogen) atoms. The zero-order chi connectivity index (χ0) is 23.2. The van der Waals surface area contributed by atoms with E-state index in [1.54, 1.807) is 30.3 Å². The summed E-state index contributed by atoms with van der Waals surface area (Å²) < 4.78 is 19.7. The van der Waals surface area contributed by atoms with Crippen molar-refractivity contribution in [2.45, 2.75) is 0 Å². The van der Waals surface area contributed by atoms with E-state index in [9.17, 15) is 9.18 Å². The van der Waals surface area contributed by atoms with E-state index in [-0.39, 0.29) is 16.6 Å². The van der Waals surface area contributed by atoms with Gasteiger partial charge in [-0.25, -0.2) is 14.4 Å². The second kappa shape index (κ2) is 10.4. The number of carbonyl (C=O) groups is 1. The Morgan fingerprint density at radius 3 is 2.88 bits per heavy atom. The fourth-order valence-electron chi connectivity index (χ4n) is 3.42. The van der Waals surface area contributed by atoms with Crippen LogP contribution in [0.5, 0.6) is 0 Å². The van der Waals surface area contributed by atoms with Gasteiger partial charge in [-0.3, -0.25) is 9.69 Å². The Morgan fingerprint density at radius 2 is 2.09 bits per heavy atom. The van der Waals surface area contributed by atoms with Gasteiger partial charge in [0.2, 0.25) is 5.91 Å². The molecule has 1 aromatic heterocycles. The van der Waals surface area contributed by atoms with Crippen molar-refractivity contribution in [1.82, 2.24) is 14.9 Å². The number of ether oxygens (including phenoxy) is 1. The molecular formula is C24H21ClFN5O2. The van der Waals surface area contributed by atoms with Crippen LogP contribution in [0.3, 0.4) is 0 Å². The molecule has 1 aliphatic heterocycles. The number of benzene rings is 2. The molecule has 9 heteroatoms. The summed E-state index contributed by atoms with van der Waals surface area (Å²) >= 11 is 5.88. The second-order valence-corrected chi connectivity index (χ2v) is 7.72. The van der Waals surface area contributed by atoms with Gasteiger partial charge < -0.3 is 15.4 Å². The minimum Gasteiger partial charge on any atom is -0.379 e. The Kier molecular flexibility index (Phi) is 7.15. The van der Waals surface area contributed by atoms with Gasteiger partial charge in [0.25, 0.3) is 0 Å². The smallest absolute Gasteiger partial charge is 0.248 e. The third-order valence-electron chi connectivity index (χ3n) is 5.13. The molecule has 0 spiro atoms. The third kappa shape index (κ3) is 5.46. The maximum absolute atomic E-state index is 14.4. The summed E-state index contributed by atoms with van der Waals surface area (Å²) in [4.78, 5) is 23.2. The number of nitrogens with zero attached hydrogens (tertiary/aromatic N) is 3. The molecule has 0 saturated carbocycles. The summed E-state index contributed by atoms with van der Waals surface area (Å²) in [5, 5.41) is 6.30. The zero-order valence-corrected chi connectivity index (χ0v) is 18.4. The van der Waals surface area contributed by atoms with Crippen LogP contribution in [0, 0.1) is 18.2 Å². The van der Waals surface area contributed by atoms with Crippen LogP contribution in [0.1, 0.15) is 5.56 Å². The average Bonchev–Trinajstić information content (AvgIpc) is 2.82. The van der Waals surface area contributed by atoms with Gasteiger partial charge in [-0.2, -0.15) is 0 Å². The highest BCUT2D eigenvalue weighted by Gasteiger charge is 2.13. The molecule has 7 nitrogen and oxygen atoms in total. The molecule has 168 valence electrons. The lowest BCUT2D eigenvalue weighted by molar-refractivity contribution is -0.111. The van der Waals surface area contributed by atoms with E-state index >= 15 is 0 Å². The molecule has 2 heterocycles. The number of amides is 1. The topological polar surface area (TPSA) is 79.4 Å². The van der Waals surface area contributed by atoms with Crippen molar-refractivity contribution in [1.29, 1.82) is 0 Å². The van der Waals surface area contributed by atoms with Crippen molar-refractivity contribution < 1.29 is 13.9 Å². The lowest BCUT2D eigenvalue weighted by atomic mass is 10.1. The standard InChI is InChI=1S/C24H21ClFN5O2/c1-2-16-13-21-17(24(28-15-27-21)30-19-6-3-5-18(25)23(19)26)14-20(16)29-22(32)7-4-8-31-9-11-33-12-10-31/h1,3-7,13-15H,8-12H2,(H,29,32)(H,27,28,30)/b7-4+. The van der Waals surface area contributed by atoms with E-state index in [0.717, 1.165) is 13.1 Å². The van der Waals surface area contributed by atoms with Crippen LogP contribution in [-0.2, 0) is 9.53 Å². The zero-order valence-electron chi connectivity index (χ0n) is 17.6. The summed E-state index contributed by atoms with van der Waals surface area (Å²) in [5.41, 5.74) is 1.61. The summed E-state index contributed by atoms with van der Waals surface area (Å²) in [5.74, 6) is 2.01. The van der Waals surface area contributed by atoms with Gasteiger partial charge in [0.1, 0.15) is 12.1 Å². The first-order chi connectivity index (χ1) is 16.0. The number of hydrogen-bond acceptors (Lipinski definition) is 6. The van der Waals surface area contributed by atoms with Gasteiger partial charge in [0.15, 0.2) is 5.82 Å². The lowest BCUT2D eigenvalue weighted by Crippen LogP contribution is -2.36. The number of carbonyl (C=O) groups excluding carboxylic acids is 1. The van der Waals surface area contributed by atoms with Crippen LogP contribution in [0.25, 0.3) is 10.9 Å². The van der Waals surface area contributed by atoms with Crippen LogP contribution in [0.4, 0.5) is 21.6 Å². The largest absolute Gasteiger partial charge is 0.379 e.